The Bertz CT molecular complexity index is 443. The van der Waals surface area contributed by atoms with Crippen LogP contribution in [-0.4, -0.2) is 31.8 Å². The molecule has 1 N–H and O–H groups in total. The first-order chi connectivity index (χ1) is 9.43. The third-order valence-corrected chi connectivity index (χ3v) is 3.03. The average Bonchev–Trinajstić information content (AvgIpc) is 2.40. The van der Waals surface area contributed by atoms with E-state index >= 15 is 0 Å². The maximum atomic E-state index is 11.7. The second-order valence-electron chi connectivity index (χ2n) is 5.30. The van der Waals surface area contributed by atoms with Crippen molar-refractivity contribution in [3.05, 3.63) is 29.3 Å². The van der Waals surface area contributed by atoms with Crippen LogP contribution in [-0.2, 0) is 9.53 Å². The van der Waals surface area contributed by atoms with Gasteiger partial charge in [-0.3, -0.25) is 4.79 Å². The van der Waals surface area contributed by atoms with Crippen molar-refractivity contribution in [2.24, 2.45) is 0 Å². The molecule has 0 aliphatic heterocycles. The highest BCUT2D eigenvalue weighted by atomic mass is 16.5. The van der Waals surface area contributed by atoms with Crippen LogP contribution in [0, 0.1) is 13.8 Å². The van der Waals surface area contributed by atoms with Crippen LogP contribution in [0.15, 0.2) is 18.2 Å². The molecule has 0 heterocycles. The minimum absolute atomic E-state index is 0.222. The number of hydrogen-bond donors (Lipinski definition) is 1. The Hall–Kier alpha value is -1.55. The summed E-state index contributed by atoms with van der Waals surface area (Å²) in [6.07, 6.45) is 0.582. The maximum absolute atomic E-state index is 11.7. The third-order valence-electron chi connectivity index (χ3n) is 3.03. The summed E-state index contributed by atoms with van der Waals surface area (Å²) in [6, 6.07) is 6.00. The van der Waals surface area contributed by atoms with Crippen LogP contribution in [0.2, 0.25) is 0 Å². The van der Waals surface area contributed by atoms with Crippen molar-refractivity contribution in [1.29, 1.82) is 0 Å². The van der Waals surface area contributed by atoms with Crippen LogP contribution in [0.25, 0.3) is 0 Å². The lowest BCUT2D eigenvalue weighted by Gasteiger charge is -2.19. The van der Waals surface area contributed by atoms with E-state index in [0.29, 0.717) is 13.0 Å². The Morgan fingerprint density at radius 3 is 2.60 bits per heavy atom. The summed E-state index contributed by atoms with van der Waals surface area (Å²) in [5, 5.41) is 3.19. The Labute approximate surface area is 121 Å². The van der Waals surface area contributed by atoms with E-state index in [1.807, 2.05) is 39.8 Å². The van der Waals surface area contributed by atoms with Gasteiger partial charge in [0.25, 0.3) is 0 Å². The molecule has 1 aromatic rings. The number of rotatable bonds is 7. The number of carbonyl (C=O) groups excluding carboxylic acids is 1. The lowest BCUT2D eigenvalue weighted by Crippen LogP contribution is -2.42. The largest absolute Gasteiger partial charge is 0.493 e. The van der Waals surface area contributed by atoms with Crippen molar-refractivity contribution in [2.45, 2.75) is 46.2 Å². The molecule has 0 radical (unpaired) electrons. The van der Waals surface area contributed by atoms with Crippen molar-refractivity contribution < 1.29 is 14.3 Å². The number of benzene rings is 1. The Morgan fingerprint density at radius 2 is 2.00 bits per heavy atom. The van der Waals surface area contributed by atoms with E-state index in [9.17, 15) is 4.79 Å². The fraction of sp³-hybridized carbons (Fsp3) is 0.562. The molecule has 20 heavy (non-hydrogen) atoms. The quantitative estimate of drug-likeness (QED) is 0.779. The first kappa shape index (κ1) is 16.5. The molecular formula is C16H25NO3. The number of esters is 1. The predicted molar refractivity (Wildman–Crippen MR) is 80.1 cm³/mol. The van der Waals surface area contributed by atoms with E-state index in [1.54, 1.807) is 0 Å². The zero-order chi connectivity index (χ0) is 15.1. The Balaban J connectivity index is 2.55. The summed E-state index contributed by atoms with van der Waals surface area (Å²) in [6.45, 7) is 8.52. The van der Waals surface area contributed by atoms with E-state index in [0.717, 1.165) is 16.9 Å². The highest BCUT2D eigenvalue weighted by Crippen LogP contribution is 2.19. The van der Waals surface area contributed by atoms with Crippen LogP contribution in [0.3, 0.4) is 0 Å². The van der Waals surface area contributed by atoms with Gasteiger partial charge in [0.2, 0.25) is 0 Å². The van der Waals surface area contributed by atoms with E-state index in [1.165, 1.54) is 7.11 Å². The van der Waals surface area contributed by atoms with Gasteiger partial charge in [-0.2, -0.15) is 0 Å². The van der Waals surface area contributed by atoms with Crippen LogP contribution in [0.4, 0.5) is 0 Å². The van der Waals surface area contributed by atoms with Crippen LogP contribution in [0.5, 0.6) is 5.75 Å². The number of carbonyl (C=O) groups is 1. The lowest BCUT2D eigenvalue weighted by molar-refractivity contribution is -0.143. The summed E-state index contributed by atoms with van der Waals surface area (Å²) in [7, 11) is 1.41. The van der Waals surface area contributed by atoms with Gasteiger partial charge in [-0.25, -0.2) is 0 Å². The third kappa shape index (κ3) is 5.21. The standard InChI is InChI=1S/C16H25NO3/c1-11(2)17-14(16(18)19-5)8-9-20-15-10-12(3)6-7-13(15)4/h6-7,10-11,14,17H,8-9H2,1-5H3. The smallest absolute Gasteiger partial charge is 0.322 e. The minimum atomic E-state index is -0.329. The van der Waals surface area contributed by atoms with E-state index in [4.69, 9.17) is 9.47 Å². The summed E-state index contributed by atoms with van der Waals surface area (Å²) in [5.74, 6) is 0.626. The number of methoxy groups -OCH3 is 1. The zero-order valence-corrected chi connectivity index (χ0v) is 13.0. The van der Waals surface area contributed by atoms with Gasteiger partial charge in [-0.15, -0.1) is 0 Å². The number of aryl methyl sites for hydroxylation is 2. The molecule has 112 valence electrons. The zero-order valence-electron chi connectivity index (χ0n) is 13.0. The van der Waals surface area contributed by atoms with Gasteiger partial charge in [-0.1, -0.05) is 26.0 Å². The molecule has 0 saturated heterocycles. The molecule has 0 bridgehead atoms. The molecule has 1 atom stereocenters. The predicted octanol–water partition coefficient (Wildman–Crippen LogP) is 2.61. The van der Waals surface area contributed by atoms with Crippen LogP contribution >= 0.6 is 0 Å². The van der Waals surface area contributed by atoms with Gasteiger partial charge in [-0.05, 0) is 31.0 Å². The van der Waals surface area contributed by atoms with Crippen molar-refractivity contribution in [1.82, 2.24) is 5.32 Å². The molecule has 4 nitrogen and oxygen atoms in total. The molecule has 4 heteroatoms. The molecule has 0 aliphatic rings. The van der Waals surface area contributed by atoms with Gasteiger partial charge in [0.05, 0.1) is 13.7 Å². The summed E-state index contributed by atoms with van der Waals surface area (Å²) < 4.78 is 10.6. The van der Waals surface area contributed by atoms with Crippen molar-refractivity contribution in [3.63, 3.8) is 0 Å². The average molecular weight is 279 g/mol. The monoisotopic (exact) mass is 279 g/mol. The SMILES string of the molecule is COC(=O)C(CCOc1cc(C)ccc1C)NC(C)C. The summed E-state index contributed by atoms with van der Waals surface area (Å²) in [5.41, 5.74) is 2.26. The molecule has 0 spiro atoms. The second kappa shape index (κ2) is 7.90. The highest BCUT2D eigenvalue weighted by Gasteiger charge is 2.19. The highest BCUT2D eigenvalue weighted by molar-refractivity contribution is 5.75. The van der Waals surface area contributed by atoms with E-state index < -0.39 is 0 Å². The lowest BCUT2D eigenvalue weighted by atomic mass is 10.1. The van der Waals surface area contributed by atoms with Gasteiger partial charge >= 0.3 is 5.97 Å². The molecule has 0 fully saturated rings. The second-order valence-corrected chi connectivity index (χ2v) is 5.30. The van der Waals surface area contributed by atoms with E-state index in [2.05, 4.69) is 11.4 Å². The molecule has 0 amide bonds. The van der Waals surface area contributed by atoms with Gasteiger partial charge in [0.15, 0.2) is 0 Å². The Morgan fingerprint density at radius 1 is 1.30 bits per heavy atom. The molecule has 0 saturated carbocycles. The minimum Gasteiger partial charge on any atom is -0.493 e. The topological polar surface area (TPSA) is 47.6 Å². The molecule has 0 aromatic heterocycles. The maximum Gasteiger partial charge on any atom is 0.322 e. The molecule has 1 rings (SSSR count). The van der Waals surface area contributed by atoms with Gasteiger partial charge in [0, 0.05) is 12.5 Å². The van der Waals surface area contributed by atoms with Crippen molar-refractivity contribution in [2.75, 3.05) is 13.7 Å². The van der Waals surface area contributed by atoms with Gasteiger partial charge in [0.1, 0.15) is 11.8 Å². The molecule has 1 unspecified atom stereocenters. The van der Waals surface area contributed by atoms with Crippen LogP contribution in [0.1, 0.15) is 31.4 Å². The van der Waals surface area contributed by atoms with Crippen LogP contribution < -0.4 is 10.1 Å². The van der Waals surface area contributed by atoms with E-state index in [-0.39, 0.29) is 18.1 Å². The first-order valence-electron chi connectivity index (χ1n) is 6.98. The fourth-order valence-corrected chi connectivity index (χ4v) is 1.96. The molecule has 0 aliphatic carbocycles. The summed E-state index contributed by atoms with van der Waals surface area (Å²) in [4.78, 5) is 11.7. The summed E-state index contributed by atoms with van der Waals surface area (Å²) >= 11 is 0. The first-order valence-corrected chi connectivity index (χ1v) is 6.98. The number of nitrogens with one attached hydrogen (secondary N) is 1. The van der Waals surface area contributed by atoms with Gasteiger partial charge < -0.3 is 14.8 Å². The molecule has 1 aromatic carbocycles. The van der Waals surface area contributed by atoms with Crippen molar-refractivity contribution >= 4 is 5.97 Å². The number of ether oxygens (including phenoxy) is 2. The fourth-order valence-electron chi connectivity index (χ4n) is 1.96. The van der Waals surface area contributed by atoms with Crippen molar-refractivity contribution in [3.8, 4) is 5.75 Å². The number of hydrogen-bond acceptors (Lipinski definition) is 4. The molecular weight excluding hydrogens is 254 g/mol. The normalized spacial score (nSPS) is 12.3. The Kier molecular flexibility index (Phi) is 6.52.